The second-order valence-electron chi connectivity index (χ2n) is 0.895. The summed E-state index contributed by atoms with van der Waals surface area (Å²) in [5.74, 6) is 0. The zero-order valence-corrected chi connectivity index (χ0v) is 5.13. The third-order valence-corrected chi connectivity index (χ3v) is 0.455. The van der Waals surface area contributed by atoms with Crippen molar-refractivity contribution in [1.82, 2.24) is 4.98 Å². The van der Waals surface area contributed by atoms with Gasteiger partial charge in [-0.25, -0.2) is 0 Å². The number of hydrogen-bond acceptors (Lipinski definition) is 2. The fraction of sp³-hybridized carbons (Fsp3) is 0. The molecule has 0 amide bonds. The van der Waals surface area contributed by atoms with Crippen LogP contribution >= 0.6 is 0 Å². The van der Waals surface area contributed by atoms with Crippen LogP contribution in [0.25, 0.3) is 0 Å². The molecule has 0 spiro atoms. The molecule has 0 bridgehead atoms. The van der Waals surface area contributed by atoms with Crippen molar-refractivity contribution >= 4 is 0 Å². The molecule has 0 unspecified atom stereocenters. The van der Waals surface area contributed by atoms with Crippen LogP contribution in [0.4, 0.5) is 0 Å². The summed E-state index contributed by atoms with van der Waals surface area (Å²) in [5, 5.41) is 0. The molecule has 0 saturated heterocycles. The van der Waals surface area contributed by atoms with Gasteiger partial charge in [0.25, 0.3) is 0 Å². The summed E-state index contributed by atoms with van der Waals surface area (Å²) in [4.78, 5) is 3.72. The zero-order chi connectivity index (χ0) is 6.24. The van der Waals surface area contributed by atoms with E-state index in [0.29, 0.717) is 0 Å². The first-order valence-corrected chi connectivity index (χ1v) is 2.79. The average molecular weight is 153 g/mol. The second kappa shape index (κ2) is 6.40. The van der Waals surface area contributed by atoms with Crippen LogP contribution in [-0.4, -0.2) is 0 Å². The van der Waals surface area contributed by atoms with Crippen molar-refractivity contribution < 1.29 is 22.5 Å². The number of hydrogen-bond donors (Lipinski definition) is 0. The van der Waals surface area contributed by atoms with Crippen LogP contribution < -0.4 is 4.98 Å². The van der Waals surface area contributed by atoms with E-state index in [2.05, 4.69) is 4.98 Å². The van der Waals surface area contributed by atoms with Gasteiger partial charge in [0.05, 0.1) is 0 Å². The maximum absolute atomic E-state index is 8.41. The van der Waals surface area contributed by atoms with Crippen molar-refractivity contribution in [2.45, 2.75) is 0 Å². The van der Waals surface area contributed by atoms with Crippen molar-refractivity contribution in [3.05, 3.63) is 24.5 Å². The van der Waals surface area contributed by atoms with Gasteiger partial charge in [-0.05, 0) is 0 Å². The molecular weight excluding hydrogens is 149 g/mol. The Morgan fingerprint density at radius 3 is 1.62 bits per heavy atom. The van der Waals surface area contributed by atoms with Gasteiger partial charge < -0.3 is 4.98 Å². The Balaban J connectivity index is 0.000000145. The quantitative estimate of drug-likeness (QED) is 0.507. The SMILES string of the molecule is [O]=[Mn]=[O].c1cc[n-]c1. The van der Waals surface area contributed by atoms with Gasteiger partial charge >= 0.3 is 22.5 Å². The van der Waals surface area contributed by atoms with Gasteiger partial charge in [0.15, 0.2) is 0 Å². The Morgan fingerprint density at radius 1 is 1.12 bits per heavy atom. The van der Waals surface area contributed by atoms with Gasteiger partial charge in [-0.3, -0.25) is 0 Å². The van der Waals surface area contributed by atoms with E-state index in [1.165, 1.54) is 0 Å². The summed E-state index contributed by atoms with van der Waals surface area (Å²) in [7, 11) is 0. The Kier molecular flexibility index (Phi) is 5.92. The van der Waals surface area contributed by atoms with E-state index in [4.69, 9.17) is 7.67 Å². The van der Waals surface area contributed by atoms with Gasteiger partial charge in [-0.2, -0.15) is 12.4 Å². The molecule has 0 aliphatic heterocycles. The van der Waals surface area contributed by atoms with Gasteiger partial charge in [0.1, 0.15) is 0 Å². The molecule has 0 atom stereocenters. The molecule has 1 aromatic heterocycles. The third-order valence-electron chi connectivity index (χ3n) is 0.455. The summed E-state index contributed by atoms with van der Waals surface area (Å²) in [6, 6.07) is 3.78. The van der Waals surface area contributed by atoms with Crippen molar-refractivity contribution in [3.8, 4) is 0 Å². The first-order chi connectivity index (χ1) is 3.91. The molecule has 0 aliphatic carbocycles. The Hall–Kier alpha value is -0.601. The Labute approximate surface area is 52.7 Å². The molecule has 45 valence electrons. The van der Waals surface area contributed by atoms with E-state index in [-0.39, 0.29) is 0 Å². The van der Waals surface area contributed by atoms with Crippen LogP contribution in [-0.2, 0) is 22.5 Å². The largest absolute Gasteiger partial charge is 0.670 e. The molecule has 8 heavy (non-hydrogen) atoms. The molecular formula is C4H4MnNO2-. The monoisotopic (exact) mass is 153 g/mol. The average Bonchev–Trinajstić information content (AvgIpc) is 2.17. The fourth-order valence-corrected chi connectivity index (χ4v) is 0.248. The van der Waals surface area contributed by atoms with Crippen molar-refractivity contribution in [3.63, 3.8) is 0 Å². The van der Waals surface area contributed by atoms with E-state index in [9.17, 15) is 0 Å². The molecule has 0 radical (unpaired) electrons. The number of nitrogens with zero attached hydrogens (tertiary/aromatic N) is 1. The van der Waals surface area contributed by atoms with Crippen LogP contribution in [0.5, 0.6) is 0 Å². The maximum atomic E-state index is 8.41. The molecule has 0 fully saturated rings. The van der Waals surface area contributed by atoms with E-state index in [1.54, 1.807) is 12.4 Å². The summed E-state index contributed by atoms with van der Waals surface area (Å²) < 4.78 is 16.8. The number of rotatable bonds is 0. The summed E-state index contributed by atoms with van der Waals surface area (Å²) in [5.41, 5.74) is 0. The van der Waals surface area contributed by atoms with Gasteiger partial charge in [-0.1, -0.05) is 12.1 Å². The maximum Gasteiger partial charge on any atom is -0.0860 e. The molecule has 4 heteroatoms. The van der Waals surface area contributed by atoms with Crippen molar-refractivity contribution in [2.24, 2.45) is 0 Å². The second-order valence-corrected chi connectivity index (χ2v) is 1.09. The topological polar surface area (TPSA) is 48.2 Å². The van der Waals surface area contributed by atoms with Crippen LogP contribution in [0.1, 0.15) is 0 Å². The van der Waals surface area contributed by atoms with E-state index < -0.39 is 14.8 Å². The molecule has 0 saturated carbocycles. The Bertz CT molecular complexity index is 126. The third kappa shape index (κ3) is 5.40. The first kappa shape index (κ1) is 7.40. The molecule has 1 heterocycles. The summed E-state index contributed by atoms with van der Waals surface area (Å²) >= 11 is -1.44. The minimum atomic E-state index is -1.44. The molecule has 1 aromatic rings. The smallest absolute Gasteiger partial charge is 0.0860 e. The minimum absolute atomic E-state index is 1.44. The van der Waals surface area contributed by atoms with Crippen LogP contribution in [0, 0.1) is 0 Å². The van der Waals surface area contributed by atoms with Crippen molar-refractivity contribution in [1.29, 1.82) is 0 Å². The van der Waals surface area contributed by atoms with E-state index >= 15 is 0 Å². The summed E-state index contributed by atoms with van der Waals surface area (Å²) in [6.45, 7) is 0. The van der Waals surface area contributed by atoms with E-state index in [1.807, 2.05) is 12.1 Å². The predicted octanol–water partition coefficient (Wildman–Crippen LogP) is 0.404. The van der Waals surface area contributed by atoms with Crippen LogP contribution in [0.2, 0.25) is 0 Å². The normalized spacial score (nSPS) is 6.50. The molecule has 0 aliphatic rings. The molecule has 1 rings (SSSR count). The van der Waals surface area contributed by atoms with Gasteiger partial charge in [-0.15, -0.1) is 0 Å². The van der Waals surface area contributed by atoms with E-state index in [0.717, 1.165) is 0 Å². The zero-order valence-electron chi connectivity index (χ0n) is 3.95. The van der Waals surface area contributed by atoms with Gasteiger partial charge in [0, 0.05) is 0 Å². The van der Waals surface area contributed by atoms with Crippen LogP contribution in [0.15, 0.2) is 24.5 Å². The summed E-state index contributed by atoms with van der Waals surface area (Å²) in [6.07, 6.45) is 3.50. The fourth-order valence-electron chi connectivity index (χ4n) is 0.248. The standard InChI is InChI=1S/C4H4N.Mn.2O/c1-2-4-5-3-1;;;/h1-4H;;;/q-1;;;. The minimum Gasteiger partial charge on any atom is -0.670 e. The molecule has 0 aromatic carbocycles. The predicted molar refractivity (Wildman–Crippen MR) is 21.1 cm³/mol. The first-order valence-electron chi connectivity index (χ1n) is 1.83. The van der Waals surface area contributed by atoms with Crippen LogP contribution in [0.3, 0.4) is 0 Å². The molecule has 0 N–H and O–H groups in total. The Morgan fingerprint density at radius 2 is 1.50 bits per heavy atom. The van der Waals surface area contributed by atoms with Crippen molar-refractivity contribution in [2.75, 3.05) is 0 Å². The molecule has 3 nitrogen and oxygen atoms in total. The van der Waals surface area contributed by atoms with Gasteiger partial charge in [0.2, 0.25) is 0 Å². The number of aromatic nitrogens is 1.